The second kappa shape index (κ2) is 8.79. The summed E-state index contributed by atoms with van der Waals surface area (Å²) in [6.45, 7) is 0. The van der Waals surface area contributed by atoms with Gasteiger partial charge in [-0.05, 0) is 18.2 Å². The molecule has 2 aromatic carbocycles. The van der Waals surface area contributed by atoms with Crippen molar-refractivity contribution in [2.24, 2.45) is 0 Å². The number of halogens is 1. The molecule has 3 N–H and O–H groups in total. The molecule has 0 unspecified atom stereocenters. The number of amides is 1. The fourth-order valence-electron chi connectivity index (χ4n) is 2.37. The van der Waals surface area contributed by atoms with Crippen molar-refractivity contribution in [1.82, 2.24) is 15.4 Å². The number of aromatic nitrogens is 2. The van der Waals surface area contributed by atoms with Gasteiger partial charge in [-0.2, -0.15) is 0 Å². The van der Waals surface area contributed by atoms with Gasteiger partial charge in [0.2, 0.25) is 11.6 Å². The molecule has 0 radical (unpaired) electrons. The minimum atomic E-state index is -0.757. The van der Waals surface area contributed by atoms with Crippen LogP contribution < -0.4 is 16.2 Å². The number of nitro groups is 2. The number of hydrogen-bond donors (Lipinski definition) is 3. The number of carbonyl (C=O) groups excluding carboxylic acids is 1. The van der Waals surface area contributed by atoms with Crippen molar-refractivity contribution < 1.29 is 14.6 Å². The van der Waals surface area contributed by atoms with E-state index < -0.39 is 21.4 Å². The summed E-state index contributed by atoms with van der Waals surface area (Å²) in [6, 6.07) is 11.6. The SMILES string of the molecule is O=C(NNc1ncnc(Nc2ccccc2Cl)c1[N+](=O)[O-])c1cccc([N+](=O)[O-])c1. The fraction of sp³-hybridized carbons (Fsp3) is 0. The van der Waals surface area contributed by atoms with Crippen LogP contribution in [0.5, 0.6) is 0 Å². The Morgan fingerprint density at radius 3 is 2.40 bits per heavy atom. The van der Waals surface area contributed by atoms with Crippen LogP contribution in [0.3, 0.4) is 0 Å². The number of para-hydroxylation sites is 1. The normalized spacial score (nSPS) is 10.2. The first-order valence-electron chi connectivity index (χ1n) is 8.18. The van der Waals surface area contributed by atoms with Crippen molar-refractivity contribution in [3.05, 3.63) is 85.7 Å². The summed E-state index contributed by atoms with van der Waals surface area (Å²) in [6.07, 6.45) is 1.05. The van der Waals surface area contributed by atoms with Crippen LogP contribution in [-0.4, -0.2) is 25.7 Å². The van der Waals surface area contributed by atoms with E-state index in [9.17, 15) is 25.0 Å². The number of nitrogens with zero attached hydrogens (tertiary/aromatic N) is 4. The smallest absolute Gasteiger partial charge is 0.333 e. The molecule has 0 saturated carbocycles. The number of hydrogen-bond acceptors (Lipinski definition) is 9. The highest BCUT2D eigenvalue weighted by Crippen LogP contribution is 2.32. The van der Waals surface area contributed by atoms with E-state index in [1.165, 1.54) is 18.2 Å². The zero-order valence-electron chi connectivity index (χ0n) is 14.9. The van der Waals surface area contributed by atoms with Gasteiger partial charge in [0.1, 0.15) is 6.33 Å². The highest BCUT2D eigenvalue weighted by atomic mass is 35.5. The largest absolute Gasteiger partial charge is 0.355 e. The second-order valence-electron chi connectivity index (χ2n) is 5.67. The molecule has 13 heteroatoms. The zero-order valence-corrected chi connectivity index (χ0v) is 15.7. The van der Waals surface area contributed by atoms with E-state index in [0.29, 0.717) is 10.7 Å². The summed E-state index contributed by atoms with van der Waals surface area (Å²) in [5.74, 6) is -1.22. The molecule has 3 aromatic rings. The van der Waals surface area contributed by atoms with Gasteiger partial charge < -0.3 is 5.32 Å². The molecule has 0 spiro atoms. The monoisotopic (exact) mass is 429 g/mol. The molecule has 12 nitrogen and oxygen atoms in total. The molecule has 30 heavy (non-hydrogen) atoms. The Labute approximate surface area is 173 Å². The lowest BCUT2D eigenvalue weighted by atomic mass is 10.2. The molecule has 1 heterocycles. The third-order valence-corrected chi connectivity index (χ3v) is 4.07. The van der Waals surface area contributed by atoms with E-state index in [4.69, 9.17) is 11.6 Å². The molecule has 0 aliphatic heterocycles. The average molecular weight is 430 g/mol. The van der Waals surface area contributed by atoms with Gasteiger partial charge in [-0.15, -0.1) is 0 Å². The van der Waals surface area contributed by atoms with E-state index in [0.717, 1.165) is 12.4 Å². The summed E-state index contributed by atoms with van der Waals surface area (Å²) in [7, 11) is 0. The molecule has 1 aromatic heterocycles. The van der Waals surface area contributed by atoms with Gasteiger partial charge in [0.15, 0.2) is 0 Å². The molecule has 1 amide bonds. The Morgan fingerprint density at radius 1 is 0.967 bits per heavy atom. The number of hydrazine groups is 1. The number of benzene rings is 2. The Bertz CT molecular complexity index is 1140. The topological polar surface area (TPSA) is 165 Å². The number of anilines is 3. The van der Waals surface area contributed by atoms with E-state index >= 15 is 0 Å². The molecule has 0 bridgehead atoms. The van der Waals surface area contributed by atoms with Gasteiger partial charge in [0.05, 0.1) is 20.6 Å². The van der Waals surface area contributed by atoms with E-state index in [2.05, 4.69) is 26.1 Å². The molecule has 0 aliphatic carbocycles. The van der Waals surface area contributed by atoms with Crippen molar-refractivity contribution in [1.29, 1.82) is 0 Å². The van der Waals surface area contributed by atoms with E-state index in [1.54, 1.807) is 24.3 Å². The number of rotatable bonds is 7. The predicted molar refractivity (Wildman–Crippen MR) is 108 cm³/mol. The van der Waals surface area contributed by atoms with Crippen LogP contribution in [0.1, 0.15) is 10.4 Å². The molecular weight excluding hydrogens is 418 g/mol. The lowest BCUT2D eigenvalue weighted by Gasteiger charge is -2.11. The number of carbonyl (C=O) groups is 1. The first-order chi connectivity index (χ1) is 14.4. The predicted octanol–water partition coefficient (Wildman–Crippen LogP) is 3.45. The van der Waals surface area contributed by atoms with Crippen LogP contribution in [-0.2, 0) is 0 Å². The summed E-state index contributed by atoms with van der Waals surface area (Å²) in [5.41, 5.74) is 4.10. The van der Waals surface area contributed by atoms with Crippen LogP contribution in [0.4, 0.5) is 28.7 Å². The van der Waals surface area contributed by atoms with Crippen molar-refractivity contribution in [2.75, 3.05) is 10.7 Å². The maximum atomic E-state index is 12.3. The van der Waals surface area contributed by atoms with Crippen LogP contribution >= 0.6 is 11.6 Å². The van der Waals surface area contributed by atoms with Crippen LogP contribution in [0, 0.1) is 20.2 Å². The number of nitrogens with one attached hydrogen (secondary N) is 3. The highest BCUT2D eigenvalue weighted by molar-refractivity contribution is 6.33. The van der Waals surface area contributed by atoms with Crippen LogP contribution in [0.15, 0.2) is 54.9 Å². The third kappa shape index (κ3) is 4.56. The van der Waals surface area contributed by atoms with Crippen LogP contribution in [0.2, 0.25) is 5.02 Å². The number of non-ortho nitro benzene ring substituents is 1. The molecular formula is C17H12ClN7O5. The van der Waals surface area contributed by atoms with Gasteiger partial charge in [-0.3, -0.25) is 35.9 Å². The van der Waals surface area contributed by atoms with Crippen molar-refractivity contribution >= 4 is 46.2 Å². The van der Waals surface area contributed by atoms with Crippen molar-refractivity contribution in [3.8, 4) is 0 Å². The van der Waals surface area contributed by atoms with Crippen molar-refractivity contribution in [2.45, 2.75) is 0 Å². The highest BCUT2D eigenvalue weighted by Gasteiger charge is 2.24. The standard InChI is InChI=1S/C17H12ClN7O5/c18-12-6-1-2-7-13(12)21-15-14(25(29)30)16(20-9-19-15)22-23-17(26)10-4-3-5-11(8-10)24(27)28/h1-9H,(H,23,26)(H2,19,20,21,22). The maximum absolute atomic E-state index is 12.3. The minimum absolute atomic E-state index is 0.0252. The molecule has 152 valence electrons. The Kier molecular flexibility index (Phi) is 5.98. The third-order valence-electron chi connectivity index (χ3n) is 3.75. The van der Waals surface area contributed by atoms with Crippen LogP contribution in [0.25, 0.3) is 0 Å². The molecule has 0 aliphatic rings. The zero-order chi connectivity index (χ0) is 21.7. The lowest BCUT2D eigenvalue weighted by molar-refractivity contribution is -0.384. The number of nitro benzene ring substituents is 1. The Hall–Kier alpha value is -4.32. The summed E-state index contributed by atoms with van der Waals surface area (Å²) >= 11 is 6.06. The Balaban J connectivity index is 1.83. The van der Waals surface area contributed by atoms with Gasteiger partial charge in [-0.25, -0.2) is 9.97 Å². The van der Waals surface area contributed by atoms with Crippen molar-refractivity contribution in [3.63, 3.8) is 0 Å². The second-order valence-corrected chi connectivity index (χ2v) is 6.08. The minimum Gasteiger partial charge on any atom is -0.333 e. The molecule has 0 saturated heterocycles. The first-order valence-corrected chi connectivity index (χ1v) is 8.56. The van der Waals surface area contributed by atoms with Gasteiger partial charge in [0, 0.05) is 17.7 Å². The van der Waals surface area contributed by atoms with Gasteiger partial charge >= 0.3 is 5.69 Å². The maximum Gasteiger partial charge on any atom is 0.355 e. The van der Waals surface area contributed by atoms with Gasteiger partial charge in [0.25, 0.3) is 11.6 Å². The van der Waals surface area contributed by atoms with E-state index in [-0.39, 0.29) is 22.9 Å². The average Bonchev–Trinajstić information content (AvgIpc) is 2.73. The molecule has 0 atom stereocenters. The van der Waals surface area contributed by atoms with Gasteiger partial charge in [-0.1, -0.05) is 29.8 Å². The molecule has 0 fully saturated rings. The Morgan fingerprint density at radius 2 is 1.70 bits per heavy atom. The summed E-state index contributed by atoms with van der Waals surface area (Å²) in [5, 5.41) is 25.5. The first kappa shape index (κ1) is 20.4. The quantitative estimate of drug-likeness (QED) is 0.376. The van der Waals surface area contributed by atoms with E-state index in [1.807, 2.05) is 0 Å². The molecule has 3 rings (SSSR count). The fourth-order valence-corrected chi connectivity index (χ4v) is 2.56. The summed E-state index contributed by atoms with van der Waals surface area (Å²) in [4.78, 5) is 40.9. The summed E-state index contributed by atoms with van der Waals surface area (Å²) < 4.78 is 0. The lowest BCUT2D eigenvalue weighted by Crippen LogP contribution is -2.30.